The lowest BCUT2D eigenvalue weighted by Gasteiger charge is -2.29. The standard InChI is InChI=1S/C19H24ClN3O2/c1-23-9-3-4-14(13-23)7-8-19(24)21-12-17-11-18(22-25-17)15-5-2-6-16(20)10-15/h2,5-6,10-11,14H,3-4,7-9,12-13H2,1H3,(H,21,24)/t14-/m0/s1. The molecule has 0 unspecified atom stereocenters. The number of hydrogen-bond donors (Lipinski definition) is 1. The number of carbonyl (C=O) groups is 1. The number of halogens is 1. The average molecular weight is 362 g/mol. The number of amides is 1. The third kappa shape index (κ3) is 5.31. The largest absolute Gasteiger partial charge is 0.359 e. The molecule has 25 heavy (non-hydrogen) atoms. The molecule has 1 saturated heterocycles. The van der Waals surface area contributed by atoms with Crippen molar-refractivity contribution in [1.29, 1.82) is 0 Å². The molecule has 1 amide bonds. The van der Waals surface area contributed by atoms with Crippen molar-refractivity contribution in [3.05, 3.63) is 41.1 Å². The minimum absolute atomic E-state index is 0.0638. The summed E-state index contributed by atoms with van der Waals surface area (Å²) in [6, 6.07) is 9.28. The fraction of sp³-hybridized carbons (Fsp3) is 0.474. The summed E-state index contributed by atoms with van der Waals surface area (Å²) in [5.74, 6) is 1.33. The van der Waals surface area contributed by atoms with Crippen LogP contribution in [-0.2, 0) is 11.3 Å². The van der Waals surface area contributed by atoms with Crippen LogP contribution < -0.4 is 5.32 Å². The summed E-state index contributed by atoms with van der Waals surface area (Å²) in [7, 11) is 2.15. The van der Waals surface area contributed by atoms with Gasteiger partial charge in [-0.2, -0.15) is 0 Å². The van der Waals surface area contributed by atoms with Crippen LogP contribution >= 0.6 is 11.6 Å². The lowest BCUT2D eigenvalue weighted by atomic mass is 9.93. The van der Waals surface area contributed by atoms with Gasteiger partial charge in [-0.15, -0.1) is 0 Å². The Morgan fingerprint density at radius 1 is 1.44 bits per heavy atom. The summed E-state index contributed by atoms with van der Waals surface area (Å²) < 4.78 is 5.30. The third-order valence-electron chi connectivity index (χ3n) is 4.64. The lowest BCUT2D eigenvalue weighted by Crippen LogP contribution is -2.33. The van der Waals surface area contributed by atoms with Crippen molar-refractivity contribution in [1.82, 2.24) is 15.4 Å². The molecule has 1 aromatic heterocycles. The van der Waals surface area contributed by atoms with Crippen LogP contribution in [0.2, 0.25) is 5.02 Å². The van der Waals surface area contributed by atoms with Crippen LogP contribution in [0.5, 0.6) is 0 Å². The number of carbonyl (C=O) groups excluding carboxylic acids is 1. The van der Waals surface area contributed by atoms with E-state index in [0.717, 1.165) is 24.2 Å². The quantitative estimate of drug-likeness (QED) is 0.851. The van der Waals surface area contributed by atoms with E-state index in [4.69, 9.17) is 16.1 Å². The van der Waals surface area contributed by atoms with Crippen molar-refractivity contribution in [2.45, 2.75) is 32.2 Å². The molecule has 0 radical (unpaired) electrons. The second-order valence-corrected chi connectivity index (χ2v) is 7.21. The summed E-state index contributed by atoms with van der Waals surface area (Å²) in [4.78, 5) is 14.4. The van der Waals surface area contributed by atoms with Gasteiger partial charge < -0.3 is 14.7 Å². The van der Waals surface area contributed by atoms with E-state index < -0.39 is 0 Å². The summed E-state index contributed by atoms with van der Waals surface area (Å²) >= 11 is 5.99. The molecule has 0 saturated carbocycles. The van der Waals surface area contributed by atoms with Crippen molar-refractivity contribution in [2.75, 3.05) is 20.1 Å². The van der Waals surface area contributed by atoms with Crippen molar-refractivity contribution in [3.8, 4) is 11.3 Å². The Hall–Kier alpha value is -1.85. The molecule has 0 aliphatic carbocycles. The predicted molar refractivity (Wildman–Crippen MR) is 98.3 cm³/mol. The van der Waals surface area contributed by atoms with Crippen LogP contribution in [0, 0.1) is 5.92 Å². The van der Waals surface area contributed by atoms with E-state index in [9.17, 15) is 4.79 Å². The first-order valence-corrected chi connectivity index (χ1v) is 9.15. The first kappa shape index (κ1) is 18.0. The molecule has 0 spiro atoms. The zero-order valence-corrected chi connectivity index (χ0v) is 15.3. The Morgan fingerprint density at radius 3 is 3.12 bits per heavy atom. The van der Waals surface area contributed by atoms with Gasteiger partial charge in [-0.05, 0) is 50.9 Å². The van der Waals surface area contributed by atoms with E-state index in [1.54, 1.807) is 0 Å². The molecule has 1 aromatic carbocycles. The van der Waals surface area contributed by atoms with Gasteiger partial charge in [-0.1, -0.05) is 28.9 Å². The second-order valence-electron chi connectivity index (χ2n) is 6.77. The molecule has 1 N–H and O–H groups in total. The number of likely N-dealkylation sites (tertiary alicyclic amines) is 1. The summed E-state index contributed by atoms with van der Waals surface area (Å²) in [6.45, 7) is 2.62. The first-order chi connectivity index (χ1) is 12.1. The molecular weight excluding hydrogens is 338 g/mol. The first-order valence-electron chi connectivity index (χ1n) is 8.77. The van der Waals surface area contributed by atoms with E-state index in [-0.39, 0.29) is 5.91 Å². The molecule has 0 bridgehead atoms. The van der Waals surface area contributed by atoms with E-state index in [2.05, 4.69) is 22.4 Å². The van der Waals surface area contributed by atoms with E-state index in [1.165, 1.54) is 19.4 Å². The lowest BCUT2D eigenvalue weighted by molar-refractivity contribution is -0.121. The van der Waals surface area contributed by atoms with Gasteiger partial charge in [0.25, 0.3) is 0 Å². The van der Waals surface area contributed by atoms with Crippen LogP contribution in [0.15, 0.2) is 34.9 Å². The molecule has 2 aromatic rings. The monoisotopic (exact) mass is 361 g/mol. The molecule has 6 heteroatoms. The van der Waals surface area contributed by atoms with Crippen LogP contribution in [0.3, 0.4) is 0 Å². The molecule has 1 aliphatic rings. The summed E-state index contributed by atoms with van der Waals surface area (Å²) in [5, 5.41) is 7.61. The highest BCUT2D eigenvalue weighted by molar-refractivity contribution is 6.30. The van der Waals surface area contributed by atoms with Crippen molar-refractivity contribution >= 4 is 17.5 Å². The Morgan fingerprint density at radius 2 is 2.32 bits per heavy atom. The highest BCUT2D eigenvalue weighted by atomic mass is 35.5. The molecule has 1 atom stereocenters. The molecule has 2 heterocycles. The predicted octanol–water partition coefficient (Wildman–Crippen LogP) is 3.73. The highest BCUT2D eigenvalue weighted by Crippen LogP contribution is 2.22. The van der Waals surface area contributed by atoms with Crippen LogP contribution in [0.25, 0.3) is 11.3 Å². The zero-order chi connectivity index (χ0) is 17.6. The van der Waals surface area contributed by atoms with Gasteiger partial charge in [-0.3, -0.25) is 4.79 Å². The Kier molecular flexibility index (Phi) is 6.10. The van der Waals surface area contributed by atoms with Gasteiger partial charge >= 0.3 is 0 Å². The van der Waals surface area contributed by atoms with Crippen molar-refractivity contribution in [2.24, 2.45) is 5.92 Å². The van der Waals surface area contributed by atoms with Gasteiger partial charge in [0.15, 0.2) is 5.76 Å². The number of benzene rings is 1. The second kappa shape index (κ2) is 8.50. The average Bonchev–Trinajstić information content (AvgIpc) is 3.07. The minimum atomic E-state index is 0.0638. The Bertz CT molecular complexity index is 716. The maximum Gasteiger partial charge on any atom is 0.220 e. The van der Waals surface area contributed by atoms with E-state index >= 15 is 0 Å². The van der Waals surface area contributed by atoms with Gasteiger partial charge in [0, 0.05) is 29.6 Å². The highest BCUT2D eigenvalue weighted by Gasteiger charge is 2.18. The van der Waals surface area contributed by atoms with Gasteiger partial charge in [0.2, 0.25) is 5.91 Å². The number of aromatic nitrogens is 1. The smallest absolute Gasteiger partial charge is 0.220 e. The molecule has 134 valence electrons. The summed E-state index contributed by atoms with van der Waals surface area (Å²) in [5.41, 5.74) is 1.62. The number of nitrogens with one attached hydrogen (secondary N) is 1. The number of nitrogens with zero attached hydrogens (tertiary/aromatic N) is 2. The van der Waals surface area contributed by atoms with Crippen LogP contribution in [0.4, 0.5) is 0 Å². The zero-order valence-electron chi connectivity index (χ0n) is 14.5. The Labute approximate surface area is 153 Å². The molecule has 5 nitrogen and oxygen atoms in total. The summed E-state index contributed by atoms with van der Waals surface area (Å²) in [6.07, 6.45) is 3.96. The topological polar surface area (TPSA) is 58.4 Å². The number of hydrogen-bond acceptors (Lipinski definition) is 4. The van der Waals surface area contributed by atoms with Crippen LogP contribution in [-0.4, -0.2) is 36.1 Å². The van der Waals surface area contributed by atoms with Crippen molar-refractivity contribution in [3.63, 3.8) is 0 Å². The fourth-order valence-electron chi connectivity index (χ4n) is 3.30. The molecule has 1 aliphatic heterocycles. The maximum atomic E-state index is 12.1. The van der Waals surface area contributed by atoms with Gasteiger partial charge in [-0.25, -0.2) is 0 Å². The molecule has 3 rings (SSSR count). The van der Waals surface area contributed by atoms with Gasteiger partial charge in [0.05, 0.1) is 6.54 Å². The third-order valence-corrected chi connectivity index (χ3v) is 4.88. The normalized spacial score (nSPS) is 18.2. The van der Waals surface area contributed by atoms with E-state index in [0.29, 0.717) is 29.7 Å². The minimum Gasteiger partial charge on any atom is -0.359 e. The fourth-order valence-corrected chi connectivity index (χ4v) is 3.49. The van der Waals surface area contributed by atoms with Crippen molar-refractivity contribution < 1.29 is 9.32 Å². The van der Waals surface area contributed by atoms with Gasteiger partial charge in [0.1, 0.15) is 5.69 Å². The molecule has 1 fully saturated rings. The van der Waals surface area contributed by atoms with E-state index in [1.807, 2.05) is 30.3 Å². The number of rotatable bonds is 6. The number of piperidine rings is 1. The SMILES string of the molecule is CN1CCC[C@@H](CCC(=O)NCc2cc(-c3cccc(Cl)c3)no2)C1. The maximum absolute atomic E-state index is 12.1. The van der Waals surface area contributed by atoms with Crippen LogP contribution in [0.1, 0.15) is 31.4 Å². The molecular formula is C19H24ClN3O2. The Balaban J connectivity index is 1.45.